The summed E-state index contributed by atoms with van der Waals surface area (Å²) < 4.78 is 0. The second-order valence-corrected chi connectivity index (χ2v) is 5.45. The third-order valence-corrected chi connectivity index (χ3v) is 3.81. The van der Waals surface area contributed by atoms with E-state index in [1.165, 1.54) is 0 Å². The molecule has 0 spiro atoms. The van der Waals surface area contributed by atoms with Gasteiger partial charge in [-0.2, -0.15) is 0 Å². The standard InChI is InChI=1S/C13H24N2O3/c1-3-4-13(12(17)18)5-6-15(9-13)11(16)7-10(2)8-14/h10H,3-9,14H2,1-2H3,(H,17,18). The maximum Gasteiger partial charge on any atom is 0.311 e. The molecule has 0 aromatic carbocycles. The van der Waals surface area contributed by atoms with Crippen LogP contribution >= 0.6 is 0 Å². The minimum atomic E-state index is -0.772. The lowest BCUT2D eigenvalue weighted by atomic mass is 9.83. The number of nitrogens with two attached hydrogens (primary N) is 1. The van der Waals surface area contributed by atoms with Gasteiger partial charge >= 0.3 is 5.97 Å². The number of rotatable bonds is 6. The van der Waals surface area contributed by atoms with E-state index in [4.69, 9.17) is 5.73 Å². The van der Waals surface area contributed by atoms with Gasteiger partial charge in [0.1, 0.15) is 0 Å². The average molecular weight is 256 g/mol. The number of amides is 1. The Labute approximate surface area is 108 Å². The summed E-state index contributed by atoms with van der Waals surface area (Å²) >= 11 is 0. The highest BCUT2D eigenvalue weighted by molar-refractivity contribution is 5.80. The van der Waals surface area contributed by atoms with E-state index in [1.807, 2.05) is 13.8 Å². The molecule has 2 unspecified atom stereocenters. The van der Waals surface area contributed by atoms with Crippen LogP contribution in [-0.2, 0) is 9.59 Å². The SMILES string of the molecule is CCCC1(C(=O)O)CCN(C(=O)CC(C)CN)C1. The molecule has 0 bridgehead atoms. The third kappa shape index (κ3) is 3.22. The van der Waals surface area contributed by atoms with Gasteiger partial charge in [-0.1, -0.05) is 20.3 Å². The second kappa shape index (κ2) is 6.18. The lowest BCUT2D eigenvalue weighted by molar-refractivity contribution is -0.149. The summed E-state index contributed by atoms with van der Waals surface area (Å²) in [6.45, 7) is 5.31. The third-order valence-electron chi connectivity index (χ3n) is 3.81. The zero-order valence-electron chi connectivity index (χ0n) is 11.3. The Morgan fingerprint density at radius 3 is 2.67 bits per heavy atom. The predicted molar refractivity (Wildman–Crippen MR) is 69.0 cm³/mol. The zero-order valence-corrected chi connectivity index (χ0v) is 11.3. The fourth-order valence-corrected chi connectivity index (χ4v) is 2.56. The predicted octanol–water partition coefficient (Wildman–Crippen LogP) is 1.07. The quantitative estimate of drug-likeness (QED) is 0.744. The number of hydrogen-bond acceptors (Lipinski definition) is 3. The van der Waals surface area contributed by atoms with E-state index in [9.17, 15) is 14.7 Å². The highest BCUT2D eigenvalue weighted by atomic mass is 16.4. The number of carbonyl (C=O) groups excluding carboxylic acids is 1. The molecule has 5 heteroatoms. The van der Waals surface area contributed by atoms with E-state index in [0.29, 0.717) is 38.9 Å². The van der Waals surface area contributed by atoms with Gasteiger partial charge in [-0.25, -0.2) is 0 Å². The Hall–Kier alpha value is -1.10. The first-order chi connectivity index (χ1) is 8.45. The van der Waals surface area contributed by atoms with Crippen molar-refractivity contribution in [2.45, 2.75) is 39.5 Å². The first-order valence-corrected chi connectivity index (χ1v) is 6.66. The molecular formula is C13H24N2O3. The van der Waals surface area contributed by atoms with Crippen molar-refractivity contribution in [2.24, 2.45) is 17.1 Å². The van der Waals surface area contributed by atoms with Crippen LogP contribution in [0.2, 0.25) is 0 Å². The molecule has 0 saturated carbocycles. The number of carboxylic acids is 1. The Kier molecular flexibility index (Phi) is 5.14. The van der Waals surface area contributed by atoms with Gasteiger partial charge in [0.15, 0.2) is 0 Å². The summed E-state index contributed by atoms with van der Waals surface area (Å²) in [5.41, 5.74) is 4.78. The van der Waals surface area contributed by atoms with Crippen molar-refractivity contribution >= 4 is 11.9 Å². The molecule has 2 atom stereocenters. The van der Waals surface area contributed by atoms with Gasteiger partial charge < -0.3 is 15.7 Å². The van der Waals surface area contributed by atoms with Gasteiger partial charge in [0.2, 0.25) is 5.91 Å². The molecule has 1 heterocycles. The molecule has 104 valence electrons. The van der Waals surface area contributed by atoms with Crippen molar-refractivity contribution in [1.82, 2.24) is 4.90 Å². The van der Waals surface area contributed by atoms with Gasteiger partial charge in [-0.05, 0) is 25.3 Å². The average Bonchev–Trinajstić information content (AvgIpc) is 2.75. The van der Waals surface area contributed by atoms with Crippen molar-refractivity contribution < 1.29 is 14.7 Å². The summed E-state index contributed by atoms with van der Waals surface area (Å²) in [6, 6.07) is 0. The Bertz CT molecular complexity index is 319. The van der Waals surface area contributed by atoms with Gasteiger partial charge in [0, 0.05) is 19.5 Å². The molecule has 0 aliphatic carbocycles. The maximum absolute atomic E-state index is 12.0. The molecular weight excluding hydrogens is 232 g/mol. The fraction of sp³-hybridized carbons (Fsp3) is 0.846. The van der Waals surface area contributed by atoms with E-state index in [2.05, 4.69) is 0 Å². The lowest BCUT2D eigenvalue weighted by Gasteiger charge is -2.24. The van der Waals surface area contributed by atoms with Crippen LogP contribution in [-0.4, -0.2) is 41.5 Å². The molecule has 3 N–H and O–H groups in total. The smallest absolute Gasteiger partial charge is 0.311 e. The summed E-state index contributed by atoms with van der Waals surface area (Å²) in [6.07, 6.45) is 2.45. The molecule has 1 fully saturated rings. The fourth-order valence-electron chi connectivity index (χ4n) is 2.56. The first-order valence-electron chi connectivity index (χ1n) is 6.66. The molecule has 1 amide bonds. The van der Waals surface area contributed by atoms with Gasteiger partial charge in [-0.3, -0.25) is 9.59 Å². The first kappa shape index (κ1) is 15.0. The van der Waals surface area contributed by atoms with Crippen LogP contribution in [0, 0.1) is 11.3 Å². The monoisotopic (exact) mass is 256 g/mol. The van der Waals surface area contributed by atoms with Crippen LogP contribution in [0.5, 0.6) is 0 Å². The number of aliphatic carboxylic acids is 1. The van der Waals surface area contributed by atoms with Crippen molar-refractivity contribution in [3.63, 3.8) is 0 Å². The molecule has 0 aromatic rings. The van der Waals surface area contributed by atoms with Gasteiger partial charge in [0.25, 0.3) is 0 Å². The van der Waals surface area contributed by atoms with E-state index in [-0.39, 0.29) is 11.8 Å². The highest BCUT2D eigenvalue weighted by Crippen LogP contribution is 2.35. The van der Waals surface area contributed by atoms with Crippen LogP contribution in [0.15, 0.2) is 0 Å². The van der Waals surface area contributed by atoms with Crippen LogP contribution < -0.4 is 5.73 Å². The van der Waals surface area contributed by atoms with E-state index in [1.54, 1.807) is 4.90 Å². The van der Waals surface area contributed by atoms with Crippen molar-refractivity contribution in [3.8, 4) is 0 Å². The highest BCUT2D eigenvalue weighted by Gasteiger charge is 2.45. The Balaban J connectivity index is 2.63. The maximum atomic E-state index is 12.0. The number of carbonyl (C=O) groups is 2. The molecule has 1 aliphatic rings. The summed E-state index contributed by atoms with van der Waals surface area (Å²) in [7, 11) is 0. The minimum Gasteiger partial charge on any atom is -0.481 e. The number of nitrogens with zero attached hydrogens (tertiary/aromatic N) is 1. The van der Waals surface area contributed by atoms with Crippen LogP contribution in [0.25, 0.3) is 0 Å². The second-order valence-electron chi connectivity index (χ2n) is 5.45. The minimum absolute atomic E-state index is 0.0344. The molecule has 0 aromatic heterocycles. The largest absolute Gasteiger partial charge is 0.481 e. The number of likely N-dealkylation sites (tertiary alicyclic amines) is 1. The topological polar surface area (TPSA) is 83.6 Å². The number of hydrogen-bond donors (Lipinski definition) is 2. The lowest BCUT2D eigenvalue weighted by Crippen LogP contribution is -2.37. The van der Waals surface area contributed by atoms with Gasteiger partial charge in [-0.15, -0.1) is 0 Å². The number of carboxylic acid groups (broad SMARTS) is 1. The van der Waals surface area contributed by atoms with Crippen LogP contribution in [0.4, 0.5) is 0 Å². The normalized spacial score (nSPS) is 25.2. The molecule has 1 rings (SSSR count). The molecule has 5 nitrogen and oxygen atoms in total. The van der Waals surface area contributed by atoms with E-state index in [0.717, 1.165) is 6.42 Å². The van der Waals surface area contributed by atoms with Crippen LogP contribution in [0.3, 0.4) is 0 Å². The van der Waals surface area contributed by atoms with Crippen molar-refractivity contribution in [2.75, 3.05) is 19.6 Å². The molecule has 1 saturated heterocycles. The van der Waals surface area contributed by atoms with Gasteiger partial charge in [0.05, 0.1) is 5.41 Å². The Morgan fingerprint density at radius 2 is 2.17 bits per heavy atom. The van der Waals surface area contributed by atoms with E-state index >= 15 is 0 Å². The molecule has 0 radical (unpaired) electrons. The zero-order chi connectivity index (χ0) is 13.8. The summed E-state index contributed by atoms with van der Waals surface area (Å²) in [5.74, 6) is -0.581. The molecule has 18 heavy (non-hydrogen) atoms. The van der Waals surface area contributed by atoms with Crippen molar-refractivity contribution in [3.05, 3.63) is 0 Å². The Morgan fingerprint density at radius 1 is 1.50 bits per heavy atom. The molecule has 1 aliphatic heterocycles. The van der Waals surface area contributed by atoms with E-state index < -0.39 is 11.4 Å². The van der Waals surface area contributed by atoms with Crippen molar-refractivity contribution in [1.29, 1.82) is 0 Å². The summed E-state index contributed by atoms with van der Waals surface area (Å²) in [5, 5.41) is 9.36. The van der Waals surface area contributed by atoms with Crippen LogP contribution in [0.1, 0.15) is 39.5 Å². The summed E-state index contributed by atoms with van der Waals surface area (Å²) in [4.78, 5) is 25.1.